The van der Waals surface area contributed by atoms with Crippen molar-refractivity contribution < 1.29 is 14.3 Å². The van der Waals surface area contributed by atoms with Gasteiger partial charge in [-0.25, -0.2) is 0 Å². The van der Waals surface area contributed by atoms with E-state index in [4.69, 9.17) is 21.1 Å². The van der Waals surface area contributed by atoms with E-state index >= 15 is 0 Å². The van der Waals surface area contributed by atoms with Gasteiger partial charge in [0.05, 0.1) is 18.7 Å². The Morgan fingerprint density at radius 2 is 2.25 bits per heavy atom. The molecule has 1 N–H and O–H groups in total. The molecule has 8 heteroatoms. The molecule has 24 heavy (non-hydrogen) atoms. The van der Waals surface area contributed by atoms with Crippen LogP contribution in [0.4, 0.5) is 5.13 Å². The quantitative estimate of drug-likeness (QED) is 0.751. The Labute approximate surface area is 149 Å². The number of methoxy groups -OCH3 is 1. The third-order valence-corrected chi connectivity index (χ3v) is 3.72. The van der Waals surface area contributed by atoms with E-state index in [0.717, 1.165) is 5.56 Å². The molecule has 0 unspecified atom stereocenters. The third kappa shape index (κ3) is 5.21. The number of hydrogen-bond acceptors (Lipinski definition) is 6. The smallest absolute Gasteiger partial charge is 0.250 e. The minimum absolute atomic E-state index is 0.304. The summed E-state index contributed by atoms with van der Waals surface area (Å²) in [6.07, 6.45) is 3.03. The lowest BCUT2D eigenvalue weighted by atomic mass is 10.1. The topological polar surface area (TPSA) is 73.3 Å². The number of rotatable bonds is 7. The summed E-state index contributed by atoms with van der Waals surface area (Å²) < 4.78 is 11.0. The van der Waals surface area contributed by atoms with Crippen molar-refractivity contribution in [2.75, 3.05) is 19.0 Å². The maximum Gasteiger partial charge on any atom is 0.250 e. The Hall–Kier alpha value is -2.12. The summed E-state index contributed by atoms with van der Waals surface area (Å²) in [4.78, 5) is 11.8. The van der Waals surface area contributed by atoms with Crippen molar-refractivity contribution >= 4 is 40.1 Å². The molecule has 0 bridgehead atoms. The van der Waals surface area contributed by atoms with Gasteiger partial charge >= 0.3 is 0 Å². The van der Waals surface area contributed by atoms with Crippen LogP contribution in [-0.2, 0) is 4.79 Å². The molecule has 1 amide bonds. The average molecular weight is 368 g/mol. The van der Waals surface area contributed by atoms with Crippen LogP contribution in [0.25, 0.3) is 6.08 Å². The van der Waals surface area contributed by atoms with E-state index in [9.17, 15) is 4.79 Å². The van der Waals surface area contributed by atoms with Crippen molar-refractivity contribution in [1.29, 1.82) is 0 Å². The van der Waals surface area contributed by atoms with Gasteiger partial charge in [0.1, 0.15) is 5.51 Å². The second-order valence-corrected chi connectivity index (χ2v) is 6.55. The molecule has 1 heterocycles. The number of carbonyl (C=O) groups is 1. The van der Waals surface area contributed by atoms with Gasteiger partial charge in [-0.15, -0.1) is 10.2 Å². The Kier molecular flexibility index (Phi) is 6.57. The number of ether oxygens (including phenoxy) is 2. The zero-order valence-electron chi connectivity index (χ0n) is 13.6. The molecule has 1 aromatic carbocycles. The van der Waals surface area contributed by atoms with Gasteiger partial charge in [-0.05, 0) is 29.7 Å². The van der Waals surface area contributed by atoms with E-state index in [1.54, 1.807) is 30.8 Å². The molecular weight excluding hydrogens is 350 g/mol. The summed E-state index contributed by atoms with van der Waals surface area (Å²) in [5, 5.41) is 10.9. The predicted octanol–water partition coefficient (Wildman–Crippen LogP) is 3.89. The molecule has 0 aliphatic carbocycles. The molecule has 0 atom stereocenters. The highest BCUT2D eigenvalue weighted by Crippen LogP contribution is 2.37. The zero-order chi connectivity index (χ0) is 17.5. The monoisotopic (exact) mass is 367 g/mol. The predicted molar refractivity (Wildman–Crippen MR) is 95.9 cm³/mol. The molecule has 0 aliphatic rings. The summed E-state index contributed by atoms with van der Waals surface area (Å²) in [5.41, 5.74) is 2.26. The largest absolute Gasteiger partial charge is 0.493 e. The molecule has 2 aromatic rings. The molecule has 0 spiro atoms. The van der Waals surface area contributed by atoms with E-state index in [1.165, 1.54) is 17.4 Å². The van der Waals surface area contributed by atoms with Crippen LogP contribution < -0.4 is 14.8 Å². The van der Waals surface area contributed by atoms with Gasteiger partial charge in [0, 0.05) is 6.08 Å². The minimum atomic E-state index is -0.304. The normalized spacial score (nSPS) is 11.0. The molecule has 0 fully saturated rings. The number of carbonyl (C=O) groups excluding carboxylic acids is 1. The van der Waals surface area contributed by atoms with E-state index in [0.29, 0.717) is 34.2 Å². The van der Waals surface area contributed by atoms with Crippen molar-refractivity contribution in [3.8, 4) is 11.5 Å². The van der Waals surface area contributed by atoms with Crippen LogP contribution >= 0.6 is 22.9 Å². The van der Waals surface area contributed by atoms with Crippen LogP contribution in [0.2, 0.25) is 5.02 Å². The van der Waals surface area contributed by atoms with E-state index in [-0.39, 0.29) is 5.91 Å². The Bertz CT molecular complexity index is 718. The zero-order valence-corrected chi connectivity index (χ0v) is 15.1. The van der Waals surface area contributed by atoms with E-state index < -0.39 is 0 Å². The van der Waals surface area contributed by atoms with Crippen molar-refractivity contribution in [3.05, 3.63) is 34.3 Å². The van der Waals surface area contributed by atoms with Gasteiger partial charge in [-0.1, -0.05) is 36.8 Å². The SMILES string of the molecule is COc1cc(/C=C/C(=O)Nc2nncs2)cc(Cl)c1OCC(C)C. The molecule has 0 aliphatic heterocycles. The first-order valence-corrected chi connectivity index (χ1v) is 8.51. The van der Waals surface area contributed by atoms with Crippen LogP contribution in [0.3, 0.4) is 0 Å². The number of amides is 1. The van der Waals surface area contributed by atoms with Crippen LogP contribution in [0, 0.1) is 5.92 Å². The van der Waals surface area contributed by atoms with E-state index in [1.807, 2.05) is 13.8 Å². The lowest BCUT2D eigenvalue weighted by molar-refractivity contribution is -0.111. The number of halogens is 1. The Morgan fingerprint density at radius 3 is 2.88 bits per heavy atom. The van der Waals surface area contributed by atoms with Gasteiger partial charge < -0.3 is 9.47 Å². The maximum absolute atomic E-state index is 11.8. The molecule has 128 valence electrons. The summed E-state index contributed by atoms with van der Waals surface area (Å²) in [7, 11) is 1.55. The molecule has 1 aromatic heterocycles. The first-order valence-electron chi connectivity index (χ1n) is 7.25. The lowest BCUT2D eigenvalue weighted by Crippen LogP contribution is -2.07. The first-order chi connectivity index (χ1) is 11.5. The number of nitrogens with zero attached hydrogens (tertiary/aromatic N) is 2. The summed E-state index contributed by atoms with van der Waals surface area (Å²) in [6, 6.07) is 3.48. The Morgan fingerprint density at radius 1 is 1.46 bits per heavy atom. The molecule has 0 saturated carbocycles. The number of anilines is 1. The van der Waals surface area contributed by atoms with Crippen LogP contribution in [0.15, 0.2) is 23.7 Å². The highest BCUT2D eigenvalue weighted by Gasteiger charge is 2.12. The fourth-order valence-electron chi connectivity index (χ4n) is 1.77. The van der Waals surface area contributed by atoms with Gasteiger partial charge in [-0.3, -0.25) is 10.1 Å². The number of aromatic nitrogens is 2. The highest BCUT2D eigenvalue weighted by atomic mass is 35.5. The van der Waals surface area contributed by atoms with Crippen molar-refractivity contribution in [2.24, 2.45) is 5.92 Å². The number of hydrogen-bond donors (Lipinski definition) is 1. The van der Waals surface area contributed by atoms with E-state index in [2.05, 4.69) is 15.5 Å². The summed E-state index contributed by atoms with van der Waals surface area (Å²) >= 11 is 7.52. The summed E-state index contributed by atoms with van der Waals surface area (Å²) in [5.74, 6) is 1.09. The minimum Gasteiger partial charge on any atom is -0.493 e. The fraction of sp³-hybridized carbons (Fsp3) is 0.312. The molecule has 0 radical (unpaired) electrons. The van der Waals surface area contributed by atoms with Gasteiger partial charge in [-0.2, -0.15) is 0 Å². The fourth-order valence-corrected chi connectivity index (χ4v) is 2.49. The molecular formula is C16H18ClN3O3S. The molecule has 2 rings (SSSR count). The van der Waals surface area contributed by atoms with Gasteiger partial charge in [0.15, 0.2) is 11.5 Å². The highest BCUT2D eigenvalue weighted by molar-refractivity contribution is 7.13. The summed E-state index contributed by atoms with van der Waals surface area (Å²) in [6.45, 7) is 4.64. The third-order valence-electron chi connectivity index (χ3n) is 2.83. The molecule has 0 saturated heterocycles. The van der Waals surface area contributed by atoms with Crippen LogP contribution in [0.1, 0.15) is 19.4 Å². The van der Waals surface area contributed by atoms with Crippen molar-refractivity contribution in [2.45, 2.75) is 13.8 Å². The van der Waals surface area contributed by atoms with Gasteiger partial charge in [0.2, 0.25) is 11.0 Å². The number of benzene rings is 1. The number of nitrogens with one attached hydrogen (secondary N) is 1. The average Bonchev–Trinajstić information content (AvgIpc) is 3.04. The standard InChI is InChI=1S/C16H18ClN3O3S/c1-10(2)8-23-15-12(17)6-11(7-13(15)22-3)4-5-14(21)19-16-20-18-9-24-16/h4-7,9-10H,8H2,1-3H3,(H,19,20,21)/b5-4+. The van der Waals surface area contributed by atoms with Gasteiger partial charge in [0.25, 0.3) is 0 Å². The molecule has 6 nitrogen and oxygen atoms in total. The lowest BCUT2D eigenvalue weighted by Gasteiger charge is -2.14. The van der Waals surface area contributed by atoms with Crippen molar-refractivity contribution in [1.82, 2.24) is 10.2 Å². The maximum atomic E-state index is 11.8. The Balaban J connectivity index is 2.11. The first kappa shape index (κ1) is 18.2. The van der Waals surface area contributed by atoms with Crippen LogP contribution in [0.5, 0.6) is 11.5 Å². The second-order valence-electron chi connectivity index (χ2n) is 5.31. The van der Waals surface area contributed by atoms with Crippen molar-refractivity contribution in [3.63, 3.8) is 0 Å². The second kappa shape index (κ2) is 8.65. The van der Waals surface area contributed by atoms with Crippen LogP contribution in [-0.4, -0.2) is 29.8 Å².